The molecule has 2 N–H and O–H groups in total. The maximum Gasteiger partial charge on any atom is 0.326 e. The topological polar surface area (TPSA) is 69.6 Å². The first kappa shape index (κ1) is 15.4. The molecule has 0 radical (unpaired) electrons. The van der Waals surface area contributed by atoms with E-state index in [1.54, 1.807) is 0 Å². The number of nitrogens with zero attached hydrogens (tertiary/aromatic N) is 1. The Morgan fingerprint density at radius 2 is 2.05 bits per heavy atom. The highest BCUT2D eigenvalue weighted by atomic mass is 16.4. The molecule has 0 aliphatic carbocycles. The predicted molar refractivity (Wildman–Crippen MR) is 80.1 cm³/mol. The van der Waals surface area contributed by atoms with Crippen LogP contribution in [0.15, 0.2) is 24.3 Å². The van der Waals surface area contributed by atoms with E-state index in [1.807, 2.05) is 38.1 Å². The van der Waals surface area contributed by atoms with Crippen molar-refractivity contribution in [2.24, 2.45) is 0 Å². The number of nitrogens with one attached hydrogen (secondary N) is 1. The summed E-state index contributed by atoms with van der Waals surface area (Å²) in [7, 11) is 0. The molecule has 0 saturated carbocycles. The number of carbonyl (C=O) groups excluding carboxylic acids is 1. The predicted octanol–water partition coefficient (Wildman–Crippen LogP) is 2.70. The molecule has 114 valence electrons. The first-order valence-electron chi connectivity index (χ1n) is 7.36. The maximum absolute atomic E-state index is 12.4. The number of aryl methyl sites for hydroxylation is 1. The third-order valence-electron chi connectivity index (χ3n) is 4.04. The van der Waals surface area contributed by atoms with Crippen LogP contribution in [0.2, 0.25) is 0 Å². The lowest BCUT2D eigenvalue weighted by molar-refractivity contribution is -0.143. The van der Waals surface area contributed by atoms with Crippen molar-refractivity contribution in [3.63, 3.8) is 0 Å². The molecule has 5 nitrogen and oxygen atoms in total. The summed E-state index contributed by atoms with van der Waals surface area (Å²) in [5.74, 6) is -0.923. The zero-order valence-corrected chi connectivity index (χ0v) is 12.5. The Kier molecular flexibility index (Phi) is 4.83. The molecule has 1 aromatic rings. The lowest BCUT2D eigenvalue weighted by Crippen LogP contribution is -2.52. The van der Waals surface area contributed by atoms with Crippen molar-refractivity contribution in [2.75, 3.05) is 6.54 Å². The van der Waals surface area contributed by atoms with Crippen LogP contribution in [-0.4, -0.2) is 34.6 Å². The highest BCUT2D eigenvalue weighted by Gasteiger charge is 2.32. The molecule has 2 rings (SSSR count). The molecule has 1 aliphatic heterocycles. The van der Waals surface area contributed by atoms with E-state index in [-0.39, 0.29) is 12.1 Å². The Bertz CT molecular complexity index is 530. The number of carboxylic acid groups (broad SMARTS) is 1. The Morgan fingerprint density at radius 1 is 1.33 bits per heavy atom. The SMILES string of the molecule is Cc1ccccc1C(C)NC(=O)N1CCCCC1C(=O)O. The second-order valence-corrected chi connectivity index (χ2v) is 5.57. The van der Waals surface area contributed by atoms with Crippen molar-refractivity contribution < 1.29 is 14.7 Å². The van der Waals surface area contributed by atoms with Gasteiger partial charge in [0.05, 0.1) is 6.04 Å². The van der Waals surface area contributed by atoms with Crippen molar-refractivity contribution >= 4 is 12.0 Å². The summed E-state index contributed by atoms with van der Waals surface area (Å²) in [6.45, 7) is 4.42. The Labute approximate surface area is 125 Å². The van der Waals surface area contributed by atoms with Gasteiger partial charge in [0.15, 0.2) is 0 Å². The standard InChI is InChI=1S/C16H22N2O3/c1-11-7-3-4-8-13(11)12(2)17-16(21)18-10-6-5-9-14(18)15(19)20/h3-4,7-8,12,14H,5-6,9-10H2,1-2H3,(H,17,21)(H,19,20). The van der Waals surface area contributed by atoms with E-state index in [0.717, 1.165) is 24.0 Å². The zero-order valence-electron chi connectivity index (χ0n) is 12.5. The van der Waals surface area contributed by atoms with Crippen LogP contribution in [-0.2, 0) is 4.79 Å². The van der Waals surface area contributed by atoms with E-state index < -0.39 is 12.0 Å². The zero-order chi connectivity index (χ0) is 15.4. The van der Waals surface area contributed by atoms with Crippen molar-refractivity contribution in [3.8, 4) is 0 Å². The minimum Gasteiger partial charge on any atom is -0.480 e. The summed E-state index contributed by atoms with van der Waals surface area (Å²) < 4.78 is 0. The fourth-order valence-corrected chi connectivity index (χ4v) is 2.85. The second-order valence-electron chi connectivity index (χ2n) is 5.57. The van der Waals surface area contributed by atoms with Gasteiger partial charge in [-0.05, 0) is 44.2 Å². The molecule has 1 saturated heterocycles. The lowest BCUT2D eigenvalue weighted by atomic mass is 10.0. The van der Waals surface area contributed by atoms with E-state index in [4.69, 9.17) is 0 Å². The Morgan fingerprint density at radius 3 is 2.71 bits per heavy atom. The van der Waals surface area contributed by atoms with Crippen LogP contribution in [0.4, 0.5) is 4.79 Å². The maximum atomic E-state index is 12.4. The number of amides is 2. The summed E-state index contributed by atoms with van der Waals surface area (Å²) >= 11 is 0. The average Bonchev–Trinajstić information content (AvgIpc) is 2.47. The largest absolute Gasteiger partial charge is 0.480 e. The highest BCUT2D eigenvalue weighted by molar-refractivity contribution is 5.83. The summed E-state index contributed by atoms with van der Waals surface area (Å²) in [5.41, 5.74) is 2.16. The smallest absolute Gasteiger partial charge is 0.326 e. The molecule has 21 heavy (non-hydrogen) atoms. The summed E-state index contributed by atoms with van der Waals surface area (Å²) in [5, 5.41) is 12.1. The normalized spacial score (nSPS) is 19.9. The molecule has 0 bridgehead atoms. The van der Waals surface area contributed by atoms with Gasteiger partial charge >= 0.3 is 12.0 Å². The van der Waals surface area contributed by atoms with Gasteiger partial charge in [-0.25, -0.2) is 9.59 Å². The summed E-state index contributed by atoms with van der Waals surface area (Å²) in [4.78, 5) is 25.1. The average molecular weight is 290 g/mol. The van der Waals surface area contributed by atoms with Crippen molar-refractivity contribution in [3.05, 3.63) is 35.4 Å². The van der Waals surface area contributed by atoms with Gasteiger partial charge in [-0.1, -0.05) is 24.3 Å². The molecular weight excluding hydrogens is 268 g/mol. The summed E-state index contributed by atoms with van der Waals surface area (Å²) in [6.07, 6.45) is 2.24. The van der Waals surface area contributed by atoms with Crippen LogP contribution in [0.5, 0.6) is 0 Å². The fraction of sp³-hybridized carbons (Fsp3) is 0.500. The first-order valence-corrected chi connectivity index (χ1v) is 7.36. The number of benzene rings is 1. The minimum atomic E-state index is -0.923. The molecule has 1 aliphatic rings. The monoisotopic (exact) mass is 290 g/mol. The number of carbonyl (C=O) groups is 2. The van der Waals surface area contributed by atoms with Gasteiger partial charge < -0.3 is 15.3 Å². The molecule has 1 fully saturated rings. The van der Waals surface area contributed by atoms with Crippen molar-refractivity contribution in [2.45, 2.75) is 45.2 Å². The molecule has 1 aromatic carbocycles. The van der Waals surface area contributed by atoms with Gasteiger partial charge in [-0.3, -0.25) is 0 Å². The van der Waals surface area contributed by atoms with Gasteiger partial charge in [0.25, 0.3) is 0 Å². The molecule has 0 aromatic heterocycles. The van der Waals surface area contributed by atoms with Crippen LogP contribution < -0.4 is 5.32 Å². The number of aliphatic carboxylic acids is 1. The third-order valence-corrected chi connectivity index (χ3v) is 4.04. The Balaban J connectivity index is 2.06. The number of hydrogen-bond acceptors (Lipinski definition) is 2. The molecule has 2 unspecified atom stereocenters. The van der Waals surface area contributed by atoms with Gasteiger partial charge in [0.1, 0.15) is 6.04 Å². The number of urea groups is 1. The molecule has 0 spiro atoms. The van der Waals surface area contributed by atoms with Crippen molar-refractivity contribution in [1.29, 1.82) is 0 Å². The number of rotatable bonds is 3. The van der Waals surface area contributed by atoms with Crippen LogP contribution in [0.1, 0.15) is 43.4 Å². The quantitative estimate of drug-likeness (QED) is 0.899. The van der Waals surface area contributed by atoms with Gasteiger partial charge in [0.2, 0.25) is 0 Å². The molecule has 1 heterocycles. The summed E-state index contributed by atoms with van der Waals surface area (Å²) in [6, 6.07) is 6.73. The lowest BCUT2D eigenvalue weighted by Gasteiger charge is -2.34. The highest BCUT2D eigenvalue weighted by Crippen LogP contribution is 2.20. The first-order chi connectivity index (χ1) is 10.0. The van der Waals surface area contributed by atoms with Crippen molar-refractivity contribution in [1.82, 2.24) is 10.2 Å². The minimum absolute atomic E-state index is 0.143. The number of piperidine rings is 1. The number of hydrogen-bond donors (Lipinski definition) is 2. The van der Waals surface area contributed by atoms with E-state index in [0.29, 0.717) is 13.0 Å². The number of carboxylic acids is 1. The fourth-order valence-electron chi connectivity index (χ4n) is 2.85. The number of likely N-dealkylation sites (tertiary alicyclic amines) is 1. The van der Waals surface area contributed by atoms with E-state index in [2.05, 4.69) is 5.32 Å². The second kappa shape index (κ2) is 6.61. The van der Waals surface area contributed by atoms with Crippen LogP contribution in [0, 0.1) is 6.92 Å². The van der Waals surface area contributed by atoms with E-state index >= 15 is 0 Å². The molecular formula is C16H22N2O3. The third kappa shape index (κ3) is 3.54. The van der Waals surface area contributed by atoms with Gasteiger partial charge in [-0.2, -0.15) is 0 Å². The molecule has 2 atom stereocenters. The van der Waals surface area contributed by atoms with Gasteiger partial charge in [-0.15, -0.1) is 0 Å². The van der Waals surface area contributed by atoms with Crippen LogP contribution in [0.25, 0.3) is 0 Å². The Hall–Kier alpha value is -2.04. The van der Waals surface area contributed by atoms with Gasteiger partial charge in [0, 0.05) is 6.54 Å². The van der Waals surface area contributed by atoms with Crippen LogP contribution >= 0.6 is 0 Å². The van der Waals surface area contributed by atoms with E-state index in [9.17, 15) is 14.7 Å². The van der Waals surface area contributed by atoms with E-state index in [1.165, 1.54) is 4.90 Å². The molecule has 5 heteroatoms. The molecule has 2 amide bonds. The van der Waals surface area contributed by atoms with Crippen LogP contribution in [0.3, 0.4) is 0 Å².